The van der Waals surface area contributed by atoms with Crippen LogP contribution < -0.4 is 0 Å². The molecule has 14 rings (SSSR count). The first-order valence-electron chi connectivity index (χ1n) is 20.6. The van der Waals surface area contributed by atoms with Crippen molar-refractivity contribution in [1.29, 1.82) is 0 Å². The highest BCUT2D eigenvalue weighted by Gasteiger charge is 2.89. The van der Waals surface area contributed by atoms with E-state index in [1.807, 2.05) is 0 Å². The van der Waals surface area contributed by atoms with Gasteiger partial charge in [0.25, 0.3) is 0 Å². The molecule has 1 spiro atoms. The Hall–Kier alpha value is -4.95. The fourth-order valence-electron chi connectivity index (χ4n) is 14.2. The summed E-state index contributed by atoms with van der Waals surface area (Å²) in [6.45, 7) is 2.81. The average molecular weight is 685 g/mol. The average Bonchev–Trinajstić information content (AvgIpc) is 3.68. The zero-order valence-electron chi connectivity index (χ0n) is 30.3. The molecule has 6 aliphatic rings. The van der Waals surface area contributed by atoms with E-state index in [-0.39, 0.29) is 22.2 Å². The third-order valence-electron chi connectivity index (χ3n) is 15.6. The van der Waals surface area contributed by atoms with E-state index in [9.17, 15) is 4.79 Å². The Morgan fingerprint density at radius 2 is 1.38 bits per heavy atom. The van der Waals surface area contributed by atoms with Gasteiger partial charge in [-0.1, -0.05) is 118 Å². The summed E-state index contributed by atoms with van der Waals surface area (Å²) in [6, 6.07) is 24.0. The topological polar surface area (TPSA) is 26.3 Å². The van der Waals surface area contributed by atoms with Crippen molar-refractivity contribution in [2.24, 2.45) is 5.41 Å². The summed E-state index contributed by atoms with van der Waals surface area (Å²) in [5, 5.41) is 18.3. The lowest BCUT2D eigenvalue weighted by Gasteiger charge is -2.31. The van der Waals surface area contributed by atoms with Gasteiger partial charge in [0, 0.05) is 22.7 Å². The number of carbonyl (C=O) groups excluding carboxylic acids is 1. The van der Waals surface area contributed by atoms with Crippen LogP contribution in [-0.2, 0) is 33.2 Å². The molecule has 0 bridgehead atoms. The molecule has 2 heteroatoms. The maximum Gasteiger partial charge on any atom is 0.305 e. The molecule has 8 aromatic carbocycles. The van der Waals surface area contributed by atoms with E-state index in [0.29, 0.717) is 13.0 Å². The number of carbonyl (C=O) groups is 1. The van der Waals surface area contributed by atoms with Crippen molar-refractivity contribution in [1.82, 2.24) is 0 Å². The molecule has 0 amide bonds. The van der Waals surface area contributed by atoms with Gasteiger partial charge in [-0.2, -0.15) is 0 Å². The fraction of sp³-hybridized carbons (Fsp3) is 0.314. The number of unbranched alkanes of at least 4 members (excludes halogenated alkanes) is 5. The number of hydrogen-bond acceptors (Lipinski definition) is 2. The summed E-state index contributed by atoms with van der Waals surface area (Å²) >= 11 is 0. The van der Waals surface area contributed by atoms with E-state index < -0.39 is 0 Å². The molecule has 1 fully saturated rings. The molecule has 6 aliphatic carbocycles. The van der Waals surface area contributed by atoms with Crippen LogP contribution in [0.5, 0.6) is 0 Å². The van der Waals surface area contributed by atoms with Gasteiger partial charge in [0.05, 0.1) is 6.61 Å². The van der Waals surface area contributed by atoms with Crippen LogP contribution in [0.2, 0.25) is 0 Å². The van der Waals surface area contributed by atoms with Crippen molar-refractivity contribution in [2.45, 2.75) is 88.4 Å². The summed E-state index contributed by atoms with van der Waals surface area (Å²) in [7, 11) is 0. The van der Waals surface area contributed by atoms with Crippen molar-refractivity contribution >= 4 is 82.3 Å². The minimum Gasteiger partial charge on any atom is -0.466 e. The third-order valence-corrected chi connectivity index (χ3v) is 15.6. The van der Waals surface area contributed by atoms with E-state index in [1.165, 1.54) is 80.6 Å². The van der Waals surface area contributed by atoms with Crippen molar-refractivity contribution < 1.29 is 9.53 Å². The first kappa shape index (κ1) is 28.5. The lowest BCUT2D eigenvalue weighted by molar-refractivity contribution is -0.143. The maximum atomic E-state index is 13.3. The SMILES string of the molecule is CCCCCCCCOC(=O)CCCC1(c2ccccc2)C23C=Cc4cc5c6c7c4C21c1c2c4c(cc8ccc9cc(c6c6c9c8c4c6c17)C5)CC2=C3. The van der Waals surface area contributed by atoms with Crippen LogP contribution in [0.4, 0.5) is 0 Å². The van der Waals surface area contributed by atoms with Crippen LogP contribution in [-0.4, -0.2) is 12.6 Å². The molecule has 0 saturated heterocycles. The van der Waals surface area contributed by atoms with Gasteiger partial charge < -0.3 is 4.74 Å². The first-order valence-corrected chi connectivity index (χ1v) is 20.6. The molecule has 53 heavy (non-hydrogen) atoms. The molecule has 2 nitrogen and oxygen atoms in total. The lowest BCUT2D eigenvalue weighted by atomic mass is 9.70. The lowest BCUT2D eigenvalue weighted by Crippen LogP contribution is -2.25. The van der Waals surface area contributed by atoms with Gasteiger partial charge in [0.15, 0.2) is 0 Å². The quantitative estimate of drug-likeness (QED) is 0.0727. The first-order chi connectivity index (χ1) is 26.1. The van der Waals surface area contributed by atoms with Gasteiger partial charge in [0.2, 0.25) is 0 Å². The minimum absolute atomic E-state index is 0.0263. The van der Waals surface area contributed by atoms with Crippen molar-refractivity contribution in [3.8, 4) is 0 Å². The van der Waals surface area contributed by atoms with Crippen molar-refractivity contribution in [3.05, 3.63) is 117 Å². The number of ether oxygens (including phenoxy) is 1. The highest BCUT2D eigenvalue weighted by atomic mass is 16.5. The number of allylic oxidation sites excluding steroid dienone is 3. The highest BCUT2D eigenvalue weighted by molar-refractivity contribution is 6.52. The Bertz CT molecular complexity index is 3070. The second-order valence-electron chi connectivity index (χ2n) is 17.7. The molecule has 0 aliphatic heterocycles. The predicted molar refractivity (Wildman–Crippen MR) is 218 cm³/mol. The zero-order chi connectivity index (χ0) is 34.6. The second kappa shape index (κ2) is 9.04. The highest BCUT2D eigenvalue weighted by Crippen LogP contribution is 2.91. The molecular formula is C51H40O2. The van der Waals surface area contributed by atoms with Crippen LogP contribution in [0, 0.1) is 5.41 Å². The van der Waals surface area contributed by atoms with Crippen molar-refractivity contribution in [3.63, 3.8) is 0 Å². The van der Waals surface area contributed by atoms with E-state index in [0.717, 1.165) is 38.5 Å². The maximum absolute atomic E-state index is 13.3. The fourth-order valence-corrected chi connectivity index (χ4v) is 14.2. The Morgan fingerprint density at radius 1 is 0.679 bits per heavy atom. The second-order valence-corrected chi connectivity index (χ2v) is 17.7. The Morgan fingerprint density at radius 3 is 2.21 bits per heavy atom. The number of rotatable bonds is 12. The van der Waals surface area contributed by atoms with Crippen LogP contribution in [0.1, 0.15) is 109 Å². The molecule has 1 saturated carbocycles. The van der Waals surface area contributed by atoms with E-state index >= 15 is 0 Å². The van der Waals surface area contributed by atoms with E-state index in [2.05, 4.69) is 85.8 Å². The standard InChI is InChI=1S/C51H40O2/c1-2-3-4-5-6-10-20-53-35(52)14-11-18-50(34-12-8-7-9-13-34)49-19-17-29-23-32-24-30-21-27-15-16-28-22-31-25-33(26-49)41-40(31)43-37(28)36(27)42-38(30)39(32)45-46(44(42)43)48(41)51(49,50)47(29)45/h7-9,12-13,15-17,19,21-23,26H,2-6,10-11,14,18,20,24-25H2,1H3. The van der Waals surface area contributed by atoms with Gasteiger partial charge in [-0.25, -0.2) is 0 Å². The molecule has 256 valence electrons. The Balaban J connectivity index is 1.01. The summed E-state index contributed by atoms with van der Waals surface area (Å²) in [5.74, 6) is -0.0263. The molecule has 0 heterocycles. The predicted octanol–water partition coefficient (Wildman–Crippen LogP) is 12.4. The zero-order valence-corrected chi connectivity index (χ0v) is 30.3. The molecule has 0 aromatic heterocycles. The summed E-state index contributed by atoms with van der Waals surface area (Å²) < 4.78 is 5.87. The van der Waals surface area contributed by atoms with Gasteiger partial charge >= 0.3 is 5.97 Å². The number of hydrogen-bond donors (Lipinski definition) is 0. The summed E-state index contributed by atoms with van der Waals surface area (Å²) in [4.78, 5) is 13.3. The van der Waals surface area contributed by atoms with Crippen LogP contribution in [0.25, 0.3) is 76.3 Å². The van der Waals surface area contributed by atoms with Gasteiger partial charge in [0.1, 0.15) is 0 Å². The normalized spacial score (nSPS) is 24.5. The van der Waals surface area contributed by atoms with Crippen LogP contribution in [0.15, 0.2) is 72.8 Å². The van der Waals surface area contributed by atoms with Gasteiger partial charge in [-0.15, -0.1) is 0 Å². The van der Waals surface area contributed by atoms with Gasteiger partial charge in [-0.3, -0.25) is 4.79 Å². The minimum atomic E-state index is -0.188. The summed E-state index contributed by atoms with van der Waals surface area (Å²) in [5.41, 5.74) is 13.2. The Kier molecular flexibility index (Phi) is 4.87. The van der Waals surface area contributed by atoms with Gasteiger partial charge in [-0.05, 0) is 147 Å². The third kappa shape index (κ3) is 2.76. The molecule has 3 unspecified atom stereocenters. The number of benzene rings is 7. The number of esters is 1. The molecule has 3 atom stereocenters. The van der Waals surface area contributed by atoms with Crippen LogP contribution >= 0.6 is 0 Å². The molecule has 8 aromatic rings. The summed E-state index contributed by atoms with van der Waals surface area (Å²) in [6.07, 6.45) is 19.4. The molecule has 0 radical (unpaired) electrons. The monoisotopic (exact) mass is 684 g/mol. The largest absolute Gasteiger partial charge is 0.466 e. The molecule has 0 N–H and O–H groups in total. The molecular weight excluding hydrogens is 645 g/mol. The smallest absolute Gasteiger partial charge is 0.305 e. The van der Waals surface area contributed by atoms with Crippen molar-refractivity contribution in [2.75, 3.05) is 6.61 Å². The van der Waals surface area contributed by atoms with Crippen LogP contribution in [0.3, 0.4) is 0 Å². The van der Waals surface area contributed by atoms with E-state index in [4.69, 9.17) is 4.74 Å². The Labute approximate surface area is 308 Å². The van der Waals surface area contributed by atoms with E-state index in [1.54, 1.807) is 59.8 Å².